The molecule has 1 saturated heterocycles. The van der Waals surface area contributed by atoms with Crippen molar-refractivity contribution in [2.45, 2.75) is 11.3 Å². The molecule has 0 spiro atoms. The average Bonchev–Trinajstić information content (AvgIpc) is 2.96. The third-order valence-corrected chi connectivity index (χ3v) is 5.76. The second kappa shape index (κ2) is 7.32. The van der Waals surface area contributed by atoms with Gasteiger partial charge in [-0.05, 0) is 19.0 Å². The number of rotatable bonds is 7. The highest BCUT2D eigenvalue weighted by atomic mass is 32.2. The SMILES string of the molecule is O=C(O)c1cc(S(=O)(=O)NCCCN2CCNCC2)cs1. The maximum absolute atomic E-state index is 12.0. The first-order valence-corrected chi connectivity index (χ1v) is 9.10. The van der Waals surface area contributed by atoms with E-state index in [0.717, 1.165) is 50.5 Å². The van der Waals surface area contributed by atoms with Crippen LogP contribution in [0, 0.1) is 0 Å². The molecule has 7 nitrogen and oxygen atoms in total. The van der Waals surface area contributed by atoms with Crippen molar-refractivity contribution in [2.75, 3.05) is 39.3 Å². The van der Waals surface area contributed by atoms with Gasteiger partial charge in [0.1, 0.15) is 4.88 Å². The third-order valence-electron chi connectivity index (χ3n) is 3.25. The van der Waals surface area contributed by atoms with Crippen molar-refractivity contribution in [2.24, 2.45) is 0 Å². The number of hydrogen-bond donors (Lipinski definition) is 3. The Morgan fingerprint density at radius 2 is 2.14 bits per heavy atom. The smallest absolute Gasteiger partial charge is 0.345 e. The normalized spacial score (nSPS) is 17.0. The van der Waals surface area contributed by atoms with E-state index < -0.39 is 16.0 Å². The van der Waals surface area contributed by atoms with E-state index in [0.29, 0.717) is 6.54 Å². The number of nitrogens with one attached hydrogen (secondary N) is 2. The van der Waals surface area contributed by atoms with Gasteiger partial charge in [-0.1, -0.05) is 0 Å². The Labute approximate surface area is 128 Å². The van der Waals surface area contributed by atoms with Crippen LogP contribution in [0.5, 0.6) is 0 Å². The van der Waals surface area contributed by atoms with Gasteiger partial charge in [0.15, 0.2) is 0 Å². The zero-order valence-electron chi connectivity index (χ0n) is 11.5. The Morgan fingerprint density at radius 1 is 1.43 bits per heavy atom. The van der Waals surface area contributed by atoms with Crippen LogP contribution in [0.15, 0.2) is 16.3 Å². The Morgan fingerprint density at radius 3 is 2.76 bits per heavy atom. The third kappa shape index (κ3) is 4.75. The quantitative estimate of drug-likeness (QED) is 0.609. The van der Waals surface area contributed by atoms with Gasteiger partial charge in [-0.25, -0.2) is 17.9 Å². The molecular weight excluding hydrogens is 314 g/mol. The van der Waals surface area contributed by atoms with Crippen LogP contribution in [0.25, 0.3) is 0 Å². The summed E-state index contributed by atoms with van der Waals surface area (Å²) in [5.41, 5.74) is 0. The lowest BCUT2D eigenvalue weighted by molar-refractivity contribution is 0.0702. The maximum atomic E-state index is 12.0. The second-order valence-corrected chi connectivity index (χ2v) is 7.47. The summed E-state index contributed by atoms with van der Waals surface area (Å²) < 4.78 is 26.5. The predicted octanol–water partition coefficient (Wildman–Crippen LogP) is 0.0199. The van der Waals surface area contributed by atoms with Crippen molar-refractivity contribution >= 4 is 27.3 Å². The van der Waals surface area contributed by atoms with Crippen LogP contribution in [-0.4, -0.2) is 63.7 Å². The van der Waals surface area contributed by atoms with Gasteiger partial charge in [0.25, 0.3) is 0 Å². The number of thiophene rings is 1. The fourth-order valence-electron chi connectivity index (χ4n) is 2.10. The van der Waals surface area contributed by atoms with Gasteiger partial charge in [-0.3, -0.25) is 0 Å². The Balaban J connectivity index is 1.79. The van der Waals surface area contributed by atoms with E-state index in [1.165, 1.54) is 11.4 Å². The van der Waals surface area contributed by atoms with Crippen molar-refractivity contribution in [1.29, 1.82) is 0 Å². The molecule has 0 radical (unpaired) electrons. The molecule has 0 aliphatic carbocycles. The van der Waals surface area contributed by atoms with Crippen LogP contribution in [0.2, 0.25) is 0 Å². The highest BCUT2D eigenvalue weighted by Crippen LogP contribution is 2.18. The van der Waals surface area contributed by atoms with Crippen LogP contribution in [0.4, 0.5) is 0 Å². The second-order valence-electron chi connectivity index (χ2n) is 4.79. The van der Waals surface area contributed by atoms with E-state index in [1.807, 2.05) is 0 Å². The van der Waals surface area contributed by atoms with E-state index in [-0.39, 0.29) is 9.77 Å². The molecule has 21 heavy (non-hydrogen) atoms. The summed E-state index contributed by atoms with van der Waals surface area (Å²) in [5, 5.41) is 13.4. The predicted molar refractivity (Wildman–Crippen MR) is 80.4 cm³/mol. The Hall–Kier alpha value is -1.00. The number of carbonyl (C=O) groups is 1. The first-order chi connectivity index (χ1) is 9.99. The van der Waals surface area contributed by atoms with Crippen LogP contribution in [-0.2, 0) is 10.0 Å². The number of nitrogens with zero attached hydrogens (tertiary/aromatic N) is 1. The van der Waals surface area contributed by atoms with Gasteiger partial charge >= 0.3 is 5.97 Å². The molecule has 0 bridgehead atoms. The van der Waals surface area contributed by atoms with E-state index in [2.05, 4.69) is 14.9 Å². The lowest BCUT2D eigenvalue weighted by Crippen LogP contribution is -2.44. The van der Waals surface area contributed by atoms with Crippen molar-refractivity contribution in [1.82, 2.24) is 14.9 Å². The molecule has 0 saturated carbocycles. The monoisotopic (exact) mass is 333 g/mol. The Bertz CT molecular complexity index is 579. The largest absolute Gasteiger partial charge is 0.477 e. The molecule has 3 N–H and O–H groups in total. The summed E-state index contributed by atoms with van der Waals surface area (Å²) >= 11 is 0.913. The Kier molecular flexibility index (Phi) is 5.71. The lowest BCUT2D eigenvalue weighted by Gasteiger charge is -2.26. The van der Waals surface area contributed by atoms with E-state index >= 15 is 0 Å². The molecule has 1 aromatic rings. The van der Waals surface area contributed by atoms with Gasteiger partial charge in [-0.15, -0.1) is 11.3 Å². The first kappa shape index (κ1) is 16.4. The first-order valence-electron chi connectivity index (χ1n) is 6.73. The van der Waals surface area contributed by atoms with Crippen molar-refractivity contribution < 1.29 is 18.3 Å². The van der Waals surface area contributed by atoms with Gasteiger partial charge in [0, 0.05) is 38.1 Å². The van der Waals surface area contributed by atoms with Crippen LogP contribution >= 0.6 is 11.3 Å². The van der Waals surface area contributed by atoms with Gasteiger partial charge in [-0.2, -0.15) is 0 Å². The molecule has 0 amide bonds. The highest BCUT2D eigenvalue weighted by Gasteiger charge is 2.18. The van der Waals surface area contributed by atoms with E-state index in [1.54, 1.807) is 0 Å². The molecule has 1 aliphatic heterocycles. The number of carboxylic acid groups (broad SMARTS) is 1. The van der Waals surface area contributed by atoms with Crippen LogP contribution in [0.1, 0.15) is 16.1 Å². The molecule has 0 atom stereocenters. The van der Waals surface area contributed by atoms with Crippen LogP contribution in [0.3, 0.4) is 0 Å². The van der Waals surface area contributed by atoms with E-state index in [9.17, 15) is 13.2 Å². The summed E-state index contributed by atoms with van der Waals surface area (Å²) in [6.07, 6.45) is 0.731. The van der Waals surface area contributed by atoms with Gasteiger partial charge in [0.2, 0.25) is 10.0 Å². The molecule has 1 aliphatic rings. The lowest BCUT2D eigenvalue weighted by atomic mass is 10.3. The molecule has 2 heterocycles. The number of sulfonamides is 1. The van der Waals surface area contributed by atoms with Crippen LogP contribution < -0.4 is 10.0 Å². The molecule has 0 unspecified atom stereocenters. The van der Waals surface area contributed by atoms with E-state index in [4.69, 9.17) is 5.11 Å². The molecule has 1 aromatic heterocycles. The van der Waals surface area contributed by atoms with Crippen molar-refractivity contribution in [3.8, 4) is 0 Å². The van der Waals surface area contributed by atoms with Crippen molar-refractivity contribution in [3.05, 3.63) is 16.3 Å². The minimum Gasteiger partial charge on any atom is -0.477 e. The number of piperazine rings is 1. The molecule has 2 rings (SSSR count). The zero-order valence-corrected chi connectivity index (χ0v) is 13.2. The highest BCUT2D eigenvalue weighted by molar-refractivity contribution is 7.89. The summed E-state index contributed by atoms with van der Waals surface area (Å²) in [4.78, 5) is 13.1. The molecule has 1 fully saturated rings. The maximum Gasteiger partial charge on any atom is 0.345 e. The van der Waals surface area contributed by atoms with Gasteiger partial charge in [0.05, 0.1) is 4.90 Å². The standard InChI is InChI=1S/C12H19N3O4S2/c16-12(17)11-8-10(9-20-11)21(18,19)14-2-1-5-15-6-3-13-4-7-15/h8-9,13-14H,1-7H2,(H,16,17). The minimum atomic E-state index is -3.61. The summed E-state index contributed by atoms with van der Waals surface area (Å²) in [5.74, 6) is -1.11. The fraction of sp³-hybridized carbons (Fsp3) is 0.583. The molecule has 118 valence electrons. The topological polar surface area (TPSA) is 98.7 Å². The molecule has 0 aromatic carbocycles. The summed E-state index contributed by atoms with van der Waals surface area (Å²) in [6.45, 7) is 5.12. The zero-order chi connectivity index (χ0) is 15.3. The fourth-order valence-corrected chi connectivity index (χ4v) is 4.28. The average molecular weight is 333 g/mol. The number of hydrogen-bond acceptors (Lipinski definition) is 6. The number of carboxylic acids is 1. The molecule has 9 heteroatoms. The summed E-state index contributed by atoms with van der Waals surface area (Å²) in [6, 6.07) is 1.19. The number of aromatic carboxylic acids is 1. The van der Waals surface area contributed by atoms with Gasteiger partial charge < -0.3 is 15.3 Å². The molecular formula is C12H19N3O4S2. The van der Waals surface area contributed by atoms with Crippen molar-refractivity contribution in [3.63, 3.8) is 0 Å². The minimum absolute atomic E-state index is 0.0204. The summed E-state index contributed by atoms with van der Waals surface area (Å²) in [7, 11) is -3.61.